The zero-order valence-corrected chi connectivity index (χ0v) is 15.8. The summed E-state index contributed by atoms with van der Waals surface area (Å²) in [5.74, 6) is -1.83. The second-order valence-electron chi connectivity index (χ2n) is 7.01. The van der Waals surface area contributed by atoms with Gasteiger partial charge in [0.15, 0.2) is 11.6 Å². The van der Waals surface area contributed by atoms with Crippen LogP contribution in [-0.2, 0) is 0 Å². The number of fused-ring (bicyclic) bond motifs is 1. The highest BCUT2D eigenvalue weighted by Gasteiger charge is 2.32. The van der Waals surface area contributed by atoms with E-state index < -0.39 is 22.4 Å². The van der Waals surface area contributed by atoms with Crippen molar-refractivity contribution in [2.24, 2.45) is 0 Å². The monoisotopic (exact) mass is 398 g/mol. The van der Waals surface area contributed by atoms with Crippen LogP contribution in [0.25, 0.3) is 5.76 Å². The first-order valence-corrected chi connectivity index (χ1v) is 9.35. The SMILES string of the molecule is O=C(CC(C1=C([O-])c2ccccc2C1=O)c1ccc([N+](=O)[O-])cc1)c1ccccc1. The van der Waals surface area contributed by atoms with Gasteiger partial charge in [-0.15, -0.1) is 0 Å². The standard InChI is InChI=1S/C24H17NO5/c26-21(16-6-2-1-3-7-16)14-20(15-10-12-17(13-11-15)25(29)30)22-23(27)18-8-4-5-9-19(18)24(22)28/h1-13,20,27H,14H2/p-1. The lowest BCUT2D eigenvalue weighted by atomic mass is 9.83. The van der Waals surface area contributed by atoms with Crippen LogP contribution in [-0.4, -0.2) is 16.5 Å². The number of hydrogen-bond donors (Lipinski definition) is 0. The Balaban J connectivity index is 1.78. The fraction of sp³-hybridized carbons (Fsp3) is 0.0833. The lowest BCUT2D eigenvalue weighted by Gasteiger charge is -2.22. The average Bonchev–Trinajstić information content (AvgIpc) is 3.03. The van der Waals surface area contributed by atoms with E-state index in [2.05, 4.69) is 0 Å². The van der Waals surface area contributed by atoms with Gasteiger partial charge in [-0.1, -0.05) is 72.5 Å². The Morgan fingerprint density at radius 3 is 2.07 bits per heavy atom. The van der Waals surface area contributed by atoms with Crippen LogP contribution < -0.4 is 5.11 Å². The first-order valence-electron chi connectivity index (χ1n) is 9.35. The Kier molecular flexibility index (Phi) is 4.98. The maximum absolute atomic E-state index is 13.0. The van der Waals surface area contributed by atoms with Crippen molar-refractivity contribution < 1.29 is 19.6 Å². The zero-order chi connectivity index (χ0) is 21.3. The molecule has 1 aliphatic carbocycles. The molecule has 0 saturated carbocycles. The highest BCUT2D eigenvalue weighted by molar-refractivity contribution is 6.20. The van der Waals surface area contributed by atoms with E-state index in [1.165, 1.54) is 24.3 Å². The molecular formula is C24H16NO5-. The van der Waals surface area contributed by atoms with E-state index in [-0.39, 0.29) is 23.5 Å². The number of carbonyl (C=O) groups excluding carboxylic acids is 2. The van der Waals surface area contributed by atoms with Gasteiger partial charge in [0.25, 0.3) is 5.69 Å². The molecule has 0 fully saturated rings. The van der Waals surface area contributed by atoms with Crippen LogP contribution in [0.3, 0.4) is 0 Å². The smallest absolute Gasteiger partial charge is 0.269 e. The minimum atomic E-state index is -0.800. The zero-order valence-electron chi connectivity index (χ0n) is 15.8. The van der Waals surface area contributed by atoms with E-state index >= 15 is 0 Å². The molecule has 0 amide bonds. The number of rotatable bonds is 6. The quantitative estimate of drug-likeness (QED) is 0.356. The minimum absolute atomic E-state index is 0.0225. The summed E-state index contributed by atoms with van der Waals surface area (Å²) in [7, 11) is 0. The van der Waals surface area contributed by atoms with Gasteiger partial charge in [0.05, 0.1) is 4.92 Å². The highest BCUT2D eigenvalue weighted by atomic mass is 16.6. The molecule has 0 saturated heterocycles. The van der Waals surface area contributed by atoms with Crippen LogP contribution in [0.5, 0.6) is 0 Å². The topological polar surface area (TPSA) is 100 Å². The van der Waals surface area contributed by atoms with E-state index in [1.807, 2.05) is 0 Å². The molecule has 6 heteroatoms. The Bertz CT molecular complexity index is 1180. The number of benzene rings is 3. The van der Waals surface area contributed by atoms with Crippen molar-refractivity contribution >= 4 is 23.0 Å². The van der Waals surface area contributed by atoms with Crippen LogP contribution in [0, 0.1) is 10.1 Å². The third-order valence-corrected chi connectivity index (χ3v) is 5.25. The Labute approximate surface area is 172 Å². The molecule has 30 heavy (non-hydrogen) atoms. The van der Waals surface area contributed by atoms with Crippen molar-refractivity contribution in [3.63, 3.8) is 0 Å². The van der Waals surface area contributed by atoms with Gasteiger partial charge in [-0.2, -0.15) is 0 Å². The molecule has 0 bridgehead atoms. The van der Waals surface area contributed by atoms with Crippen LogP contribution in [0.4, 0.5) is 5.69 Å². The number of nitrogens with zero attached hydrogens (tertiary/aromatic N) is 1. The van der Waals surface area contributed by atoms with Crippen molar-refractivity contribution in [1.29, 1.82) is 0 Å². The maximum Gasteiger partial charge on any atom is 0.269 e. The van der Waals surface area contributed by atoms with Gasteiger partial charge in [-0.05, 0) is 11.1 Å². The fourth-order valence-electron chi connectivity index (χ4n) is 3.73. The highest BCUT2D eigenvalue weighted by Crippen LogP contribution is 2.40. The molecule has 0 N–H and O–H groups in total. The van der Waals surface area contributed by atoms with Gasteiger partial charge in [-0.3, -0.25) is 19.7 Å². The van der Waals surface area contributed by atoms with Gasteiger partial charge in [-0.25, -0.2) is 0 Å². The molecule has 1 unspecified atom stereocenters. The number of nitro benzene ring substituents is 1. The number of hydrogen-bond acceptors (Lipinski definition) is 5. The Hall–Kier alpha value is -4.06. The first-order chi connectivity index (χ1) is 14.5. The summed E-state index contributed by atoms with van der Waals surface area (Å²) in [6.45, 7) is 0. The van der Waals surface area contributed by atoms with Gasteiger partial charge in [0, 0.05) is 41.2 Å². The summed E-state index contributed by atoms with van der Waals surface area (Å²) in [4.78, 5) is 36.4. The van der Waals surface area contributed by atoms with Crippen molar-refractivity contribution in [2.45, 2.75) is 12.3 Å². The molecule has 1 aliphatic rings. The lowest BCUT2D eigenvalue weighted by Crippen LogP contribution is -2.17. The lowest BCUT2D eigenvalue weighted by molar-refractivity contribution is -0.384. The van der Waals surface area contributed by atoms with Crippen LogP contribution in [0.15, 0.2) is 84.4 Å². The Morgan fingerprint density at radius 1 is 0.867 bits per heavy atom. The molecule has 4 rings (SSSR count). The normalized spacial score (nSPS) is 13.8. The van der Waals surface area contributed by atoms with Crippen molar-refractivity contribution in [3.8, 4) is 0 Å². The van der Waals surface area contributed by atoms with Crippen molar-refractivity contribution in [2.75, 3.05) is 0 Å². The number of carbonyl (C=O) groups is 2. The average molecular weight is 398 g/mol. The molecule has 0 aliphatic heterocycles. The molecule has 3 aromatic rings. The summed E-state index contributed by atoms with van der Waals surface area (Å²) in [6.07, 6.45) is -0.0946. The maximum atomic E-state index is 13.0. The third kappa shape index (κ3) is 3.39. The number of non-ortho nitro benzene ring substituents is 1. The third-order valence-electron chi connectivity index (χ3n) is 5.25. The predicted octanol–water partition coefficient (Wildman–Crippen LogP) is 3.92. The fourth-order valence-corrected chi connectivity index (χ4v) is 3.73. The number of allylic oxidation sites excluding steroid dienone is 1. The molecule has 6 nitrogen and oxygen atoms in total. The number of ketones is 2. The predicted molar refractivity (Wildman–Crippen MR) is 109 cm³/mol. The summed E-state index contributed by atoms with van der Waals surface area (Å²) >= 11 is 0. The molecule has 148 valence electrons. The van der Waals surface area contributed by atoms with Crippen molar-refractivity contribution in [3.05, 3.63) is 117 Å². The second kappa shape index (κ2) is 7.75. The molecular weight excluding hydrogens is 382 g/mol. The largest absolute Gasteiger partial charge is 0.872 e. The van der Waals surface area contributed by atoms with E-state index in [9.17, 15) is 24.8 Å². The van der Waals surface area contributed by atoms with Gasteiger partial charge in [0.2, 0.25) is 0 Å². The molecule has 0 radical (unpaired) electrons. The number of Topliss-reactive ketones (excluding diaryl/α,β-unsaturated/α-hetero) is 2. The minimum Gasteiger partial charge on any atom is -0.872 e. The van der Waals surface area contributed by atoms with Gasteiger partial charge >= 0.3 is 0 Å². The summed E-state index contributed by atoms with van der Waals surface area (Å²) in [5.41, 5.74) is 1.53. The summed E-state index contributed by atoms with van der Waals surface area (Å²) in [5, 5.41) is 24.0. The first kappa shape index (κ1) is 19.3. The summed E-state index contributed by atoms with van der Waals surface area (Å²) < 4.78 is 0. The Morgan fingerprint density at radius 2 is 1.47 bits per heavy atom. The number of nitro groups is 1. The molecule has 0 heterocycles. The summed E-state index contributed by atoms with van der Waals surface area (Å²) in [6, 6.07) is 20.8. The molecule has 1 atom stereocenters. The molecule has 0 spiro atoms. The van der Waals surface area contributed by atoms with E-state index in [1.54, 1.807) is 54.6 Å². The second-order valence-corrected chi connectivity index (χ2v) is 7.01. The van der Waals surface area contributed by atoms with E-state index in [0.29, 0.717) is 22.3 Å². The van der Waals surface area contributed by atoms with Gasteiger partial charge in [0.1, 0.15) is 0 Å². The molecule has 3 aromatic carbocycles. The van der Waals surface area contributed by atoms with Crippen LogP contribution >= 0.6 is 0 Å². The van der Waals surface area contributed by atoms with Crippen LogP contribution in [0.1, 0.15) is 44.2 Å². The molecule has 0 aromatic heterocycles. The van der Waals surface area contributed by atoms with Crippen molar-refractivity contribution in [1.82, 2.24) is 0 Å². The van der Waals surface area contributed by atoms with Gasteiger partial charge < -0.3 is 5.11 Å². The van der Waals surface area contributed by atoms with E-state index in [4.69, 9.17) is 0 Å². The van der Waals surface area contributed by atoms with Crippen LogP contribution in [0.2, 0.25) is 0 Å². The van der Waals surface area contributed by atoms with E-state index in [0.717, 1.165) is 0 Å².